The predicted octanol–water partition coefficient (Wildman–Crippen LogP) is 5.02. The third-order valence-electron chi connectivity index (χ3n) is 10.1. The summed E-state index contributed by atoms with van der Waals surface area (Å²) in [6, 6.07) is 14.2. The Morgan fingerprint density at radius 1 is 0.978 bits per heavy atom. The number of amides is 3. The molecule has 3 amide bonds. The number of aliphatic hydroxyl groups excluding tert-OH is 1. The molecule has 1 spiro atoms. The van der Waals surface area contributed by atoms with Gasteiger partial charge < -0.3 is 25.4 Å². The minimum atomic E-state index is -0.854. The molecule has 45 heavy (non-hydrogen) atoms. The highest BCUT2D eigenvalue weighted by Gasteiger charge is 2.55. The number of nitrogens with one attached hydrogen (secondary N) is 2. The van der Waals surface area contributed by atoms with E-state index in [0.29, 0.717) is 49.5 Å². The number of carbonyl (C=O) groups is 3. The molecule has 2 heterocycles. The van der Waals surface area contributed by atoms with Crippen LogP contribution in [-0.2, 0) is 16.1 Å². The Morgan fingerprint density at radius 3 is 2.24 bits per heavy atom. The molecule has 2 atom stereocenters. The first-order chi connectivity index (χ1) is 21.8. The second-order valence-corrected chi connectivity index (χ2v) is 13.0. The molecule has 9 nitrogen and oxygen atoms in total. The van der Waals surface area contributed by atoms with Gasteiger partial charge in [-0.05, 0) is 80.0 Å². The van der Waals surface area contributed by atoms with Crippen molar-refractivity contribution < 1.29 is 24.2 Å². The molecule has 2 aromatic rings. The Morgan fingerprint density at radius 2 is 1.62 bits per heavy atom. The molecule has 3 fully saturated rings. The fourth-order valence-electron chi connectivity index (χ4n) is 7.29. The van der Waals surface area contributed by atoms with Gasteiger partial charge in [0, 0.05) is 38.8 Å². The number of benzene rings is 2. The van der Waals surface area contributed by atoms with Crippen molar-refractivity contribution in [2.45, 2.75) is 102 Å². The number of likely N-dealkylation sites (tertiary alicyclic amines) is 1. The second-order valence-electron chi connectivity index (χ2n) is 13.0. The number of piperazine rings is 1. The molecule has 5 rings (SSSR count). The van der Waals surface area contributed by atoms with Crippen molar-refractivity contribution in [1.29, 1.82) is 0 Å². The molecule has 9 heteroatoms. The molecular formula is C36H50N4O5. The van der Waals surface area contributed by atoms with Crippen molar-refractivity contribution in [3.8, 4) is 11.5 Å². The standard InChI is InChI=1S/C36H50N4O5/c1-3-4-5-9-22-40-34(43)31(32(41)27-10-7-6-8-11-27)38-35(44)36(40)20-23-39(24-21-36)25-26-12-16-29(17-13-26)45-30-18-14-28(15-19-30)33(42)37-2/h12-19,27,31-32,41H,3-11,20-25H2,1-2H3,(H,37,42)(H,38,44)/t31-,32-/m1/s1. The lowest BCUT2D eigenvalue weighted by Crippen LogP contribution is -2.75. The van der Waals surface area contributed by atoms with Crippen molar-refractivity contribution in [3.05, 3.63) is 59.7 Å². The zero-order valence-electron chi connectivity index (χ0n) is 26.9. The van der Waals surface area contributed by atoms with E-state index < -0.39 is 17.7 Å². The maximum absolute atomic E-state index is 14.0. The first kappa shape index (κ1) is 32.9. The minimum Gasteiger partial charge on any atom is -0.457 e. The Hall–Kier alpha value is -3.43. The molecule has 2 aromatic carbocycles. The number of piperidine rings is 1. The largest absolute Gasteiger partial charge is 0.457 e. The van der Waals surface area contributed by atoms with Gasteiger partial charge in [0.05, 0.1) is 6.10 Å². The van der Waals surface area contributed by atoms with Gasteiger partial charge in [0.1, 0.15) is 23.1 Å². The summed E-state index contributed by atoms with van der Waals surface area (Å²) < 4.78 is 5.97. The van der Waals surface area contributed by atoms with Crippen LogP contribution >= 0.6 is 0 Å². The van der Waals surface area contributed by atoms with Gasteiger partial charge in [0.25, 0.3) is 5.91 Å². The van der Waals surface area contributed by atoms with E-state index in [-0.39, 0.29) is 23.6 Å². The molecule has 3 aliphatic rings. The van der Waals surface area contributed by atoms with E-state index in [1.54, 1.807) is 31.3 Å². The van der Waals surface area contributed by atoms with Gasteiger partial charge in [-0.3, -0.25) is 19.3 Å². The first-order valence-corrected chi connectivity index (χ1v) is 17.0. The quantitative estimate of drug-likeness (QED) is 0.288. The van der Waals surface area contributed by atoms with Crippen LogP contribution in [0.15, 0.2) is 48.5 Å². The summed E-state index contributed by atoms with van der Waals surface area (Å²) in [5, 5.41) is 16.9. The number of rotatable bonds is 12. The van der Waals surface area contributed by atoms with Crippen LogP contribution in [0.3, 0.4) is 0 Å². The highest BCUT2D eigenvalue weighted by atomic mass is 16.5. The van der Waals surface area contributed by atoms with E-state index in [0.717, 1.165) is 63.5 Å². The average molecular weight is 619 g/mol. The zero-order chi connectivity index (χ0) is 31.8. The van der Waals surface area contributed by atoms with Crippen LogP contribution in [0.1, 0.15) is 93.5 Å². The Labute approximate surface area is 267 Å². The minimum absolute atomic E-state index is 0.0668. The fourth-order valence-corrected chi connectivity index (χ4v) is 7.29. The fraction of sp³-hybridized carbons (Fsp3) is 0.583. The van der Waals surface area contributed by atoms with Crippen molar-refractivity contribution >= 4 is 17.7 Å². The van der Waals surface area contributed by atoms with E-state index in [2.05, 4.69) is 22.5 Å². The number of aliphatic hydroxyl groups is 1. The lowest BCUT2D eigenvalue weighted by molar-refractivity contribution is -0.166. The molecule has 2 saturated heterocycles. The Bertz CT molecular complexity index is 1280. The maximum atomic E-state index is 14.0. The van der Waals surface area contributed by atoms with Crippen molar-refractivity contribution in [2.75, 3.05) is 26.7 Å². The summed E-state index contributed by atoms with van der Waals surface area (Å²) in [7, 11) is 1.60. The van der Waals surface area contributed by atoms with Crippen LogP contribution < -0.4 is 15.4 Å². The first-order valence-electron chi connectivity index (χ1n) is 17.0. The number of unbranched alkanes of at least 4 members (excludes halogenated alkanes) is 3. The summed E-state index contributed by atoms with van der Waals surface area (Å²) in [6.45, 7) is 4.89. The molecule has 0 radical (unpaired) electrons. The van der Waals surface area contributed by atoms with Gasteiger partial charge in [-0.1, -0.05) is 57.6 Å². The molecule has 3 N–H and O–H groups in total. The van der Waals surface area contributed by atoms with E-state index in [1.807, 2.05) is 29.2 Å². The summed E-state index contributed by atoms with van der Waals surface area (Å²) in [4.78, 5) is 43.8. The molecule has 0 aromatic heterocycles. The smallest absolute Gasteiger partial charge is 0.251 e. The van der Waals surface area contributed by atoms with E-state index in [4.69, 9.17) is 4.74 Å². The number of nitrogens with zero attached hydrogens (tertiary/aromatic N) is 2. The van der Waals surface area contributed by atoms with E-state index >= 15 is 0 Å². The van der Waals surface area contributed by atoms with Gasteiger partial charge in [0.2, 0.25) is 11.8 Å². The van der Waals surface area contributed by atoms with Crippen molar-refractivity contribution in [2.24, 2.45) is 5.92 Å². The molecule has 0 bridgehead atoms. The van der Waals surface area contributed by atoms with Gasteiger partial charge in [-0.25, -0.2) is 0 Å². The third-order valence-corrected chi connectivity index (χ3v) is 10.1. The summed E-state index contributed by atoms with van der Waals surface area (Å²) in [6.07, 6.45) is 9.59. The molecule has 1 aliphatic carbocycles. The summed E-state index contributed by atoms with van der Waals surface area (Å²) >= 11 is 0. The lowest BCUT2D eigenvalue weighted by atomic mass is 9.78. The summed E-state index contributed by atoms with van der Waals surface area (Å²) in [5.41, 5.74) is 0.868. The average Bonchev–Trinajstić information content (AvgIpc) is 3.08. The molecule has 244 valence electrons. The zero-order valence-corrected chi connectivity index (χ0v) is 26.9. The van der Waals surface area contributed by atoms with E-state index in [1.165, 1.54) is 6.42 Å². The maximum Gasteiger partial charge on any atom is 0.251 e. The topological polar surface area (TPSA) is 111 Å². The predicted molar refractivity (Wildman–Crippen MR) is 174 cm³/mol. The monoisotopic (exact) mass is 618 g/mol. The van der Waals surface area contributed by atoms with Gasteiger partial charge in [-0.2, -0.15) is 0 Å². The molecular weight excluding hydrogens is 568 g/mol. The van der Waals surface area contributed by atoms with Crippen LogP contribution in [0, 0.1) is 5.92 Å². The number of carbonyl (C=O) groups excluding carboxylic acids is 3. The molecule has 0 unspecified atom stereocenters. The van der Waals surface area contributed by atoms with Crippen LogP contribution in [0.25, 0.3) is 0 Å². The lowest BCUT2D eigenvalue weighted by Gasteiger charge is -2.52. The van der Waals surface area contributed by atoms with E-state index in [9.17, 15) is 19.5 Å². The van der Waals surface area contributed by atoms with Crippen LogP contribution in [0.4, 0.5) is 0 Å². The van der Waals surface area contributed by atoms with Gasteiger partial charge in [-0.15, -0.1) is 0 Å². The SMILES string of the molecule is CCCCCCN1C(=O)[C@@H]([C@H](O)C2CCCCC2)NC(=O)C12CCN(Cc1ccc(Oc3ccc(C(=O)NC)cc3)cc1)CC2. The molecule has 1 saturated carbocycles. The Balaban J connectivity index is 1.20. The molecule has 2 aliphatic heterocycles. The van der Waals surface area contributed by atoms with Gasteiger partial charge in [0.15, 0.2) is 0 Å². The number of hydrogen-bond acceptors (Lipinski definition) is 6. The van der Waals surface area contributed by atoms with Gasteiger partial charge >= 0.3 is 0 Å². The number of ether oxygens (including phenoxy) is 1. The van der Waals surface area contributed by atoms with Crippen molar-refractivity contribution in [1.82, 2.24) is 20.4 Å². The highest BCUT2D eigenvalue weighted by molar-refractivity contribution is 6.00. The van der Waals surface area contributed by atoms with Crippen molar-refractivity contribution in [3.63, 3.8) is 0 Å². The van der Waals surface area contributed by atoms with Crippen LogP contribution in [0.5, 0.6) is 11.5 Å². The number of hydrogen-bond donors (Lipinski definition) is 3. The normalized spacial score (nSPS) is 21.4. The van der Waals surface area contributed by atoms with Crippen LogP contribution in [-0.4, -0.2) is 77.0 Å². The summed E-state index contributed by atoms with van der Waals surface area (Å²) in [5.74, 6) is 1.10. The Kier molecular flexibility index (Phi) is 11.2. The highest BCUT2D eigenvalue weighted by Crippen LogP contribution is 2.36. The van der Waals surface area contributed by atoms with Crippen LogP contribution in [0.2, 0.25) is 0 Å². The third kappa shape index (κ3) is 7.69. The second kappa shape index (κ2) is 15.2.